The van der Waals surface area contributed by atoms with Crippen molar-refractivity contribution in [3.8, 4) is 11.3 Å². The van der Waals surface area contributed by atoms with E-state index < -0.39 is 0 Å². The maximum absolute atomic E-state index is 9.61. The zero-order valence-corrected chi connectivity index (χ0v) is 17.9. The van der Waals surface area contributed by atoms with Gasteiger partial charge in [-0.3, -0.25) is 14.9 Å². The number of aliphatic hydroxyl groups excluding tert-OH is 1. The van der Waals surface area contributed by atoms with Crippen molar-refractivity contribution in [2.75, 3.05) is 32.8 Å². The Morgan fingerprint density at radius 1 is 1.07 bits per heavy atom. The fourth-order valence-electron chi connectivity index (χ4n) is 4.27. The lowest BCUT2D eigenvalue weighted by molar-refractivity contribution is 0.0563. The molecule has 1 atom stereocenters. The zero-order chi connectivity index (χ0) is 20.8. The van der Waals surface area contributed by atoms with Crippen LogP contribution >= 0.6 is 11.6 Å². The second kappa shape index (κ2) is 10.2. The van der Waals surface area contributed by atoms with Gasteiger partial charge in [0.05, 0.1) is 11.9 Å². The summed E-state index contributed by atoms with van der Waals surface area (Å²) in [6.45, 7) is 5.10. The lowest BCUT2D eigenvalue weighted by atomic mass is 10.0. The van der Waals surface area contributed by atoms with E-state index in [-0.39, 0.29) is 6.61 Å². The SMILES string of the molecule is OCC[C@H]1CN(Cc2cn[nH]c2-c2ccc(Cl)cc2)CCN1CCc1ccccc1. The highest BCUT2D eigenvalue weighted by Gasteiger charge is 2.27. The van der Waals surface area contributed by atoms with Gasteiger partial charge in [0, 0.05) is 56.0 Å². The Morgan fingerprint density at radius 3 is 2.63 bits per heavy atom. The summed E-state index contributed by atoms with van der Waals surface area (Å²) in [6.07, 6.45) is 3.78. The van der Waals surface area contributed by atoms with E-state index in [1.54, 1.807) is 0 Å². The molecule has 4 rings (SSSR count). The molecule has 0 unspecified atom stereocenters. The fourth-order valence-corrected chi connectivity index (χ4v) is 4.40. The van der Waals surface area contributed by atoms with Crippen molar-refractivity contribution in [2.45, 2.75) is 25.4 Å². The Balaban J connectivity index is 1.39. The van der Waals surface area contributed by atoms with Gasteiger partial charge >= 0.3 is 0 Å². The van der Waals surface area contributed by atoms with Gasteiger partial charge in [-0.2, -0.15) is 5.10 Å². The first-order valence-electron chi connectivity index (χ1n) is 10.6. The normalized spacial score (nSPS) is 18.0. The van der Waals surface area contributed by atoms with Crippen LogP contribution in [-0.4, -0.2) is 63.9 Å². The first-order chi connectivity index (χ1) is 14.7. The molecular formula is C24H29ClN4O. The number of piperazine rings is 1. The van der Waals surface area contributed by atoms with E-state index in [0.717, 1.165) is 61.8 Å². The number of benzene rings is 2. The van der Waals surface area contributed by atoms with Gasteiger partial charge in [0.15, 0.2) is 0 Å². The predicted molar refractivity (Wildman–Crippen MR) is 122 cm³/mol. The van der Waals surface area contributed by atoms with Gasteiger partial charge in [0.25, 0.3) is 0 Å². The average Bonchev–Trinajstić information content (AvgIpc) is 3.23. The highest BCUT2D eigenvalue weighted by atomic mass is 35.5. The maximum Gasteiger partial charge on any atom is 0.0695 e. The van der Waals surface area contributed by atoms with Crippen LogP contribution < -0.4 is 0 Å². The summed E-state index contributed by atoms with van der Waals surface area (Å²) in [4.78, 5) is 5.01. The molecule has 0 aliphatic carbocycles. The van der Waals surface area contributed by atoms with Crippen molar-refractivity contribution in [3.05, 3.63) is 76.9 Å². The number of halogens is 1. The summed E-state index contributed by atoms with van der Waals surface area (Å²) in [7, 11) is 0. The smallest absolute Gasteiger partial charge is 0.0695 e. The van der Waals surface area contributed by atoms with Gasteiger partial charge in [-0.05, 0) is 36.1 Å². The van der Waals surface area contributed by atoms with Crippen LogP contribution in [0.25, 0.3) is 11.3 Å². The number of hydrogen-bond donors (Lipinski definition) is 2. The van der Waals surface area contributed by atoms with E-state index in [4.69, 9.17) is 11.6 Å². The molecule has 30 heavy (non-hydrogen) atoms. The van der Waals surface area contributed by atoms with Gasteiger partial charge < -0.3 is 5.11 Å². The molecule has 0 spiro atoms. The maximum atomic E-state index is 9.61. The minimum Gasteiger partial charge on any atom is -0.396 e. The molecular weight excluding hydrogens is 396 g/mol. The summed E-state index contributed by atoms with van der Waals surface area (Å²) in [5.74, 6) is 0. The summed E-state index contributed by atoms with van der Waals surface area (Å²) < 4.78 is 0. The number of hydrogen-bond acceptors (Lipinski definition) is 4. The molecule has 2 aromatic carbocycles. The number of H-pyrrole nitrogens is 1. The molecule has 2 N–H and O–H groups in total. The second-order valence-corrected chi connectivity index (χ2v) is 8.39. The highest BCUT2D eigenvalue weighted by molar-refractivity contribution is 6.30. The van der Waals surface area contributed by atoms with Gasteiger partial charge in [0.1, 0.15) is 0 Å². The van der Waals surface area contributed by atoms with Gasteiger partial charge in [-0.15, -0.1) is 0 Å². The molecule has 6 heteroatoms. The number of rotatable bonds is 8. The van der Waals surface area contributed by atoms with E-state index in [1.165, 1.54) is 11.1 Å². The van der Waals surface area contributed by atoms with Crippen LogP contribution in [0.1, 0.15) is 17.5 Å². The number of nitrogens with one attached hydrogen (secondary N) is 1. The topological polar surface area (TPSA) is 55.4 Å². The van der Waals surface area contributed by atoms with E-state index in [1.807, 2.05) is 30.5 Å². The molecule has 1 saturated heterocycles. The first-order valence-corrected chi connectivity index (χ1v) is 11.0. The third-order valence-electron chi connectivity index (χ3n) is 5.93. The molecule has 1 fully saturated rings. The van der Waals surface area contributed by atoms with Crippen LogP contribution in [0.15, 0.2) is 60.8 Å². The molecule has 3 aromatic rings. The van der Waals surface area contributed by atoms with E-state index in [9.17, 15) is 5.11 Å². The minimum absolute atomic E-state index is 0.224. The number of aromatic nitrogens is 2. The third kappa shape index (κ3) is 5.29. The third-order valence-corrected chi connectivity index (χ3v) is 6.18. The minimum atomic E-state index is 0.224. The van der Waals surface area contributed by atoms with Crippen molar-refractivity contribution in [2.24, 2.45) is 0 Å². The Hall–Kier alpha value is -2.18. The van der Waals surface area contributed by atoms with Crippen LogP contribution in [0, 0.1) is 0 Å². The average molecular weight is 425 g/mol. The highest BCUT2D eigenvalue weighted by Crippen LogP contribution is 2.25. The molecule has 158 valence electrons. The molecule has 2 heterocycles. The Kier molecular flexibility index (Phi) is 7.18. The van der Waals surface area contributed by atoms with Crippen molar-refractivity contribution < 1.29 is 5.11 Å². The van der Waals surface area contributed by atoms with Crippen molar-refractivity contribution >= 4 is 11.6 Å². The fraction of sp³-hybridized carbons (Fsp3) is 0.375. The van der Waals surface area contributed by atoms with Gasteiger partial charge in [-0.1, -0.05) is 54.1 Å². The first kappa shape index (κ1) is 21.1. The summed E-state index contributed by atoms with van der Waals surface area (Å²) in [5.41, 5.74) is 4.71. The van der Waals surface area contributed by atoms with Crippen LogP contribution in [0.4, 0.5) is 0 Å². The van der Waals surface area contributed by atoms with E-state index >= 15 is 0 Å². The molecule has 1 aliphatic rings. The molecule has 1 aliphatic heterocycles. The monoisotopic (exact) mass is 424 g/mol. The second-order valence-electron chi connectivity index (χ2n) is 7.95. The Morgan fingerprint density at radius 2 is 1.87 bits per heavy atom. The quantitative estimate of drug-likeness (QED) is 0.576. The molecule has 5 nitrogen and oxygen atoms in total. The summed E-state index contributed by atoms with van der Waals surface area (Å²) in [6, 6.07) is 18.9. The van der Waals surface area contributed by atoms with Crippen LogP contribution in [0.2, 0.25) is 5.02 Å². The van der Waals surface area contributed by atoms with Crippen molar-refractivity contribution in [1.29, 1.82) is 0 Å². The predicted octanol–water partition coefficient (Wildman–Crippen LogP) is 3.84. The van der Waals surface area contributed by atoms with E-state index in [0.29, 0.717) is 6.04 Å². The number of aromatic amines is 1. The molecule has 0 bridgehead atoms. The zero-order valence-electron chi connectivity index (χ0n) is 17.2. The Bertz CT molecular complexity index is 912. The summed E-state index contributed by atoms with van der Waals surface area (Å²) >= 11 is 6.03. The van der Waals surface area contributed by atoms with Crippen LogP contribution in [0.3, 0.4) is 0 Å². The lowest BCUT2D eigenvalue weighted by Gasteiger charge is -2.41. The molecule has 0 saturated carbocycles. The van der Waals surface area contributed by atoms with Crippen molar-refractivity contribution in [3.63, 3.8) is 0 Å². The van der Waals surface area contributed by atoms with Crippen molar-refractivity contribution in [1.82, 2.24) is 20.0 Å². The molecule has 0 radical (unpaired) electrons. The van der Waals surface area contributed by atoms with Gasteiger partial charge in [-0.25, -0.2) is 0 Å². The number of aliphatic hydroxyl groups is 1. The largest absolute Gasteiger partial charge is 0.396 e. The lowest BCUT2D eigenvalue weighted by Crippen LogP contribution is -2.53. The number of nitrogens with zero attached hydrogens (tertiary/aromatic N) is 3. The summed E-state index contributed by atoms with van der Waals surface area (Å²) in [5, 5.41) is 17.8. The molecule has 1 aromatic heterocycles. The standard InChI is InChI=1S/C24H29ClN4O/c25-22-8-6-20(7-9-22)24-21(16-26-27-24)17-28-13-14-29(23(18-28)11-15-30)12-10-19-4-2-1-3-5-19/h1-9,16,23,30H,10-15,17-18H2,(H,26,27)/t23-/m0/s1. The van der Waals surface area contributed by atoms with Gasteiger partial charge in [0.2, 0.25) is 0 Å². The Labute approximate surface area is 183 Å². The van der Waals surface area contributed by atoms with Crippen LogP contribution in [-0.2, 0) is 13.0 Å². The molecule has 0 amide bonds. The van der Waals surface area contributed by atoms with Crippen LogP contribution in [0.5, 0.6) is 0 Å². The van der Waals surface area contributed by atoms with E-state index in [2.05, 4.69) is 50.3 Å².